The van der Waals surface area contributed by atoms with Crippen molar-refractivity contribution < 1.29 is 18.0 Å². The summed E-state index contributed by atoms with van der Waals surface area (Å²) in [6.07, 6.45) is -3.98. The van der Waals surface area contributed by atoms with Crippen LogP contribution in [-0.2, 0) is 16.4 Å². The lowest BCUT2D eigenvalue weighted by atomic mass is 9.81. The van der Waals surface area contributed by atoms with Gasteiger partial charge in [-0.15, -0.1) is 0 Å². The van der Waals surface area contributed by atoms with Gasteiger partial charge in [0.15, 0.2) is 0 Å². The van der Waals surface area contributed by atoms with Gasteiger partial charge < -0.3 is 5.32 Å². The Morgan fingerprint density at radius 2 is 2.00 bits per heavy atom. The van der Waals surface area contributed by atoms with Gasteiger partial charge in [-0.25, -0.2) is 0 Å². The van der Waals surface area contributed by atoms with Crippen molar-refractivity contribution in [3.05, 3.63) is 29.3 Å². The van der Waals surface area contributed by atoms with Crippen LogP contribution in [0.1, 0.15) is 31.4 Å². The second-order valence-electron chi connectivity index (χ2n) is 4.37. The predicted octanol–water partition coefficient (Wildman–Crippen LogP) is 3.33. The summed E-state index contributed by atoms with van der Waals surface area (Å²) in [5.41, 5.74) is -1.30. The average molecular weight is 243 g/mol. The molecule has 17 heavy (non-hydrogen) atoms. The molecule has 0 aliphatic carbocycles. The Morgan fingerprint density at radius 1 is 1.35 bits per heavy atom. The minimum absolute atomic E-state index is 0.0886. The second kappa shape index (κ2) is 3.48. The van der Waals surface area contributed by atoms with Crippen LogP contribution in [0.3, 0.4) is 0 Å². The van der Waals surface area contributed by atoms with Gasteiger partial charge in [0.1, 0.15) is 0 Å². The van der Waals surface area contributed by atoms with Crippen molar-refractivity contribution in [2.24, 2.45) is 0 Å². The lowest BCUT2D eigenvalue weighted by Gasteiger charge is -2.20. The maximum atomic E-state index is 12.8. The fraction of sp³-hybridized carbons (Fsp3) is 0.417. The quantitative estimate of drug-likeness (QED) is 0.805. The summed E-state index contributed by atoms with van der Waals surface area (Å²) in [5, 5.41) is 2.36. The van der Waals surface area contributed by atoms with E-state index in [9.17, 15) is 18.0 Å². The number of nitrogens with one attached hydrogen (secondary N) is 1. The number of anilines is 1. The molecule has 0 radical (unpaired) electrons. The number of rotatable bonds is 1. The Kier molecular flexibility index (Phi) is 2.45. The summed E-state index contributed by atoms with van der Waals surface area (Å²) in [7, 11) is 0. The van der Waals surface area contributed by atoms with E-state index in [0.29, 0.717) is 12.0 Å². The monoisotopic (exact) mass is 243 g/mol. The van der Waals surface area contributed by atoms with E-state index < -0.39 is 17.2 Å². The van der Waals surface area contributed by atoms with Gasteiger partial charge in [0.2, 0.25) is 5.91 Å². The number of fused-ring (bicyclic) bond motifs is 1. The molecular formula is C12H12F3NO. The standard InChI is InChI=1S/C12H12F3NO/c1-3-11(2)7-5-4-6-8(12(13,14)15)9(7)16-10(11)17/h4-6H,3H2,1-2H3,(H,16,17). The molecule has 2 rings (SSSR count). The van der Waals surface area contributed by atoms with E-state index in [-0.39, 0.29) is 11.6 Å². The summed E-state index contributed by atoms with van der Waals surface area (Å²) in [4.78, 5) is 11.8. The first kappa shape index (κ1) is 12.0. The van der Waals surface area contributed by atoms with E-state index in [1.807, 2.05) is 0 Å². The molecule has 1 heterocycles. The summed E-state index contributed by atoms with van der Waals surface area (Å²) in [6, 6.07) is 3.91. The largest absolute Gasteiger partial charge is 0.418 e. The molecule has 1 aromatic rings. The van der Waals surface area contributed by atoms with Crippen LogP contribution in [0.15, 0.2) is 18.2 Å². The number of alkyl halides is 3. The van der Waals surface area contributed by atoms with Gasteiger partial charge in [-0.1, -0.05) is 19.1 Å². The molecule has 0 aromatic heterocycles. The fourth-order valence-electron chi connectivity index (χ4n) is 2.11. The van der Waals surface area contributed by atoms with Crippen LogP contribution in [-0.4, -0.2) is 5.91 Å². The van der Waals surface area contributed by atoms with Crippen molar-refractivity contribution in [2.75, 3.05) is 5.32 Å². The zero-order chi connectivity index (χ0) is 12.8. The van der Waals surface area contributed by atoms with Crippen molar-refractivity contribution in [2.45, 2.75) is 31.9 Å². The Hall–Kier alpha value is -1.52. The molecule has 0 spiro atoms. The van der Waals surface area contributed by atoms with Gasteiger partial charge in [0.25, 0.3) is 0 Å². The first-order valence-corrected chi connectivity index (χ1v) is 5.33. The SMILES string of the molecule is CCC1(C)C(=O)Nc2c(C(F)(F)F)cccc21. The lowest BCUT2D eigenvalue weighted by Crippen LogP contribution is -2.29. The molecular weight excluding hydrogens is 231 g/mol. The number of halogens is 3. The zero-order valence-electron chi connectivity index (χ0n) is 9.48. The Balaban J connectivity index is 2.65. The molecule has 5 heteroatoms. The molecule has 1 unspecified atom stereocenters. The van der Waals surface area contributed by atoms with Gasteiger partial charge in [0, 0.05) is 0 Å². The molecule has 0 saturated carbocycles. The smallest absolute Gasteiger partial charge is 0.324 e. The second-order valence-corrected chi connectivity index (χ2v) is 4.37. The van der Waals surface area contributed by atoms with Crippen LogP contribution in [0.5, 0.6) is 0 Å². The van der Waals surface area contributed by atoms with Crippen molar-refractivity contribution in [3.8, 4) is 0 Å². The molecule has 2 nitrogen and oxygen atoms in total. The summed E-state index contributed by atoms with van der Waals surface area (Å²) in [5.74, 6) is -0.369. The predicted molar refractivity (Wildman–Crippen MR) is 57.7 cm³/mol. The van der Waals surface area contributed by atoms with Gasteiger partial charge in [-0.2, -0.15) is 13.2 Å². The highest BCUT2D eigenvalue weighted by Gasteiger charge is 2.45. The molecule has 1 atom stereocenters. The highest BCUT2D eigenvalue weighted by atomic mass is 19.4. The lowest BCUT2D eigenvalue weighted by molar-refractivity contribution is -0.136. The van der Waals surface area contributed by atoms with Crippen LogP contribution < -0.4 is 5.32 Å². The molecule has 1 aliphatic heterocycles. The van der Waals surface area contributed by atoms with Crippen molar-refractivity contribution >= 4 is 11.6 Å². The number of benzene rings is 1. The first-order chi connectivity index (χ1) is 7.80. The molecule has 1 N–H and O–H groups in total. The molecule has 1 aromatic carbocycles. The first-order valence-electron chi connectivity index (χ1n) is 5.33. The number of hydrogen-bond acceptors (Lipinski definition) is 1. The highest BCUT2D eigenvalue weighted by Crippen LogP contribution is 2.46. The van der Waals surface area contributed by atoms with Gasteiger partial charge in [0.05, 0.1) is 16.7 Å². The average Bonchev–Trinajstić information content (AvgIpc) is 2.51. The maximum Gasteiger partial charge on any atom is 0.418 e. The number of carbonyl (C=O) groups is 1. The third kappa shape index (κ3) is 1.61. The van der Waals surface area contributed by atoms with Crippen molar-refractivity contribution in [1.29, 1.82) is 0 Å². The van der Waals surface area contributed by atoms with E-state index in [2.05, 4.69) is 5.32 Å². The van der Waals surface area contributed by atoms with Gasteiger partial charge >= 0.3 is 6.18 Å². The normalized spacial score (nSPS) is 23.5. The minimum atomic E-state index is -4.45. The summed E-state index contributed by atoms with van der Waals surface area (Å²) in [6.45, 7) is 3.45. The van der Waals surface area contributed by atoms with Crippen LogP contribution in [0, 0.1) is 0 Å². The van der Waals surface area contributed by atoms with Crippen LogP contribution >= 0.6 is 0 Å². The Bertz CT molecular complexity index is 481. The third-order valence-corrected chi connectivity index (χ3v) is 3.41. The van der Waals surface area contributed by atoms with E-state index in [1.54, 1.807) is 19.9 Å². The Labute approximate surface area is 96.8 Å². The third-order valence-electron chi connectivity index (χ3n) is 3.41. The summed E-state index contributed by atoms with van der Waals surface area (Å²) >= 11 is 0. The number of hydrogen-bond donors (Lipinski definition) is 1. The number of carbonyl (C=O) groups excluding carboxylic acids is 1. The zero-order valence-corrected chi connectivity index (χ0v) is 9.48. The van der Waals surface area contributed by atoms with Crippen LogP contribution in [0.2, 0.25) is 0 Å². The maximum absolute atomic E-state index is 12.8. The van der Waals surface area contributed by atoms with Crippen LogP contribution in [0.25, 0.3) is 0 Å². The topological polar surface area (TPSA) is 29.1 Å². The van der Waals surface area contributed by atoms with Gasteiger partial charge in [-0.05, 0) is 25.0 Å². The molecule has 1 amide bonds. The minimum Gasteiger partial charge on any atom is -0.324 e. The van der Waals surface area contributed by atoms with Crippen LogP contribution in [0.4, 0.5) is 18.9 Å². The van der Waals surface area contributed by atoms with E-state index in [1.165, 1.54) is 6.07 Å². The number of amides is 1. The van der Waals surface area contributed by atoms with Crippen molar-refractivity contribution in [1.82, 2.24) is 0 Å². The molecule has 0 saturated heterocycles. The number of para-hydroxylation sites is 1. The van der Waals surface area contributed by atoms with E-state index in [4.69, 9.17) is 0 Å². The van der Waals surface area contributed by atoms with E-state index >= 15 is 0 Å². The van der Waals surface area contributed by atoms with Crippen molar-refractivity contribution in [3.63, 3.8) is 0 Å². The summed E-state index contributed by atoms with van der Waals surface area (Å²) < 4.78 is 38.3. The highest BCUT2D eigenvalue weighted by molar-refractivity contribution is 6.06. The fourth-order valence-corrected chi connectivity index (χ4v) is 2.11. The molecule has 1 aliphatic rings. The molecule has 92 valence electrons. The van der Waals surface area contributed by atoms with Gasteiger partial charge in [-0.3, -0.25) is 4.79 Å². The molecule has 0 fully saturated rings. The van der Waals surface area contributed by atoms with E-state index in [0.717, 1.165) is 6.07 Å². The Morgan fingerprint density at radius 3 is 2.53 bits per heavy atom. The molecule has 0 bridgehead atoms.